The summed E-state index contributed by atoms with van der Waals surface area (Å²) in [6, 6.07) is 0. The maximum absolute atomic E-state index is 12.9. The zero-order chi connectivity index (χ0) is 14.3. The topological polar surface area (TPSA) is 52.7 Å². The minimum atomic E-state index is -3.33. The van der Waals surface area contributed by atoms with Crippen LogP contribution in [-0.4, -0.2) is 55.3 Å². The second-order valence-corrected chi connectivity index (χ2v) is 8.68. The Morgan fingerprint density at radius 1 is 1.16 bits per heavy atom. The average Bonchev–Trinajstić information content (AvgIpc) is 2.26. The van der Waals surface area contributed by atoms with E-state index in [0.29, 0.717) is 38.0 Å². The van der Waals surface area contributed by atoms with Crippen molar-refractivity contribution in [2.24, 2.45) is 11.8 Å². The number of nitrogens with one attached hydrogen (secondary N) is 1. The SMILES string of the molecule is CC1CC(C)CN(S(=O)(=O)N2CCNCC2(C)C)C1. The highest BCUT2D eigenvalue weighted by atomic mass is 32.2. The Bertz CT molecular complexity index is 412. The first-order valence-corrected chi connectivity index (χ1v) is 8.62. The van der Waals surface area contributed by atoms with Crippen LogP contribution in [0.3, 0.4) is 0 Å². The van der Waals surface area contributed by atoms with Crippen LogP contribution in [-0.2, 0) is 10.2 Å². The van der Waals surface area contributed by atoms with Gasteiger partial charge in [0.1, 0.15) is 0 Å². The van der Waals surface area contributed by atoms with Crippen LogP contribution < -0.4 is 5.32 Å². The summed E-state index contributed by atoms with van der Waals surface area (Å²) < 4.78 is 29.1. The predicted octanol–water partition coefficient (Wildman–Crippen LogP) is 0.893. The highest BCUT2D eigenvalue weighted by molar-refractivity contribution is 7.86. The molecule has 0 bridgehead atoms. The molecule has 5 nitrogen and oxygen atoms in total. The second kappa shape index (κ2) is 5.31. The Balaban J connectivity index is 2.21. The van der Waals surface area contributed by atoms with E-state index in [-0.39, 0.29) is 5.54 Å². The van der Waals surface area contributed by atoms with Gasteiger partial charge in [-0.1, -0.05) is 13.8 Å². The monoisotopic (exact) mass is 289 g/mol. The second-order valence-electron chi connectivity index (χ2n) is 6.83. The molecule has 0 aromatic carbocycles. The molecule has 112 valence electrons. The molecular weight excluding hydrogens is 262 g/mol. The third-order valence-electron chi connectivity index (χ3n) is 4.16. The van der Waals surface area contributed by atoms with Gasteiger partial charge >= 0.3 is 0 Å². The molecule has 2 unspecified atom stereocenters. The van der Waals surface area contributed by atoms with Gasteiger partial charge in [-0.25, -0.2) is 0 Å². The Kier molecular flexibility index (Phi) is 4.26. The number of hydrogen-bond acceptors (Lipinski definition) is 3. The first-order chi connectivity index (χ1) is 8.73. The molecule has 0 amide bonds. The fourth-order valence-electron chi connectivity index (χ4n) is 3.33. The zero-order valence-corrected chi connectivity index (χ0v) is 13.3. The maximum atomic E-state index is 12.9. The van der Waals surface area contributed by atoms with Crippen LogP contribution in [0.4, 0.5) is 0 Å². The van der Waals surface area contributed by atoms with E-state index in [1.165, 1.54) is 0 Å². The van der Waals surface area contributed by atoms with E-state index in [0.717, 1.165) is 13.0 Å². The van der Waals surface area contributed by atoms with E-state index in [2.05, 4.69) is 19.2 Å². The summed E-state index contributed by atoms with van der Waals surface area (Å²) >= 11 is 0. The van der Waals surface area contributed by atoms with Gasteiger partial charge in [-0.2, -0.15) is 17.0 Å². The molecule has 0 aliphatic carbocycles. The number of piperidine rings is 1. The summed E-state index contributed by atoms with van der Waals surface area (Å²) in [7, 11) is -3.33. The summed E-state index contributed by atoms with van der Waals surface area (Å²) in [5.74, 6) is 0.897. The van der Waals surface area contributed by atoms with Gasteiger partial charge in [-0.3, -0.25) is 0 Å². The van der Waals surface area contributed by atoms with Gasteiger partial charge in [0.25, 0.3) is 10.2 Å². The quantitative estimate of drug-likeness (QED) is 0.821. The minimum Gasteiger partial charge on any atom is -0.314 e. The highest BCUT2D eigenvalue weighted by Crippen LogP contribution is 2.28. The van der Waals surface area contributed by atoms with Crippen molar-refractivity contribution in [2.45, 2.75) is 39.7 Å². The molecule has 2 saturated heterocycles. The molecule has 0 saturated carbocycles. The zero-order valence-electron chi connectivity index (χ0n) is 12.5. The fourth-order valence-corrected chi connectivity index (χ4v) is 5.50. The Morgan fingerprint density at radius 3 is 2.26 bits per heavy atom. The van der Waals surface area contributed by atoms with Gasteiger partial charge < -0.3 is 5.32 Å². The van der Waals surface area contributed by atoms with Gasteiger partial charge in [0.05, 0.1) is 0 Å². The van der Waals surface area contributed by atoms with Crippen molar-refractivity contribution in [3.05, 3.63) is 0 Å². The van der Waals surface area contributed by atoms with Crippen molar-refractivity contribution >= 4 is 10.2 Å². The fraction of sp³-hybridized carbons (Fsp3) is 1.00. The van der Waals surface area contributed by atoms with Crippen molar-refractivity contribution in [2.75, 3.05) is 32.7 Å². The molecular formula is C13H27N3O2S. The molecule has 2 aliphatic rings. The van der Waals surface area contributed by atoms with E-state index in [4.69, 9.17) is 0 Å². The number of nitrogens with zero attached hydrogens (tertiary/aromatic N) is 2. The van der Waals surface area contributed by atoms with Crippen molar-refractivity contribution in [1.29, 1.82) is 0 Å². The van der Waals surface area contributed by atoms with E-state index in [1.54, 1.807) is 8.61 Å². The third kappa shape index (κ3) is 3.12. The van der Waals surface area contributed by atoms with Crippen LogP contribution >= 0.6 is 0 Å². The number of piperazine rings is 1. The summed E-state index contributed by atoms with van der Waals surface area (Å²) in [6.45, 7) is 11.6. The molecule has 19 heavy (non-hydrogen) atoms. The van der Waals surface area contributed by atoms with Crippen molar-refractivity contribution < 1.29 is 8.42 Å². The van der Waals surface area contributed by atoms with E-state index in [9.17, 15) is 8.42 Å². The molecule has 0 aromatic heterocycles. The van der Waals surface area contributed by atoms with Crippen molar-refractivity contribution in [3.8, 4) is 0 Å². The summed E-state index contributed by atoms with van der Waals surface area (Å²) in [4.78, 5) is 0. The van der Waals surface area contributed by atoms with Gasteiger partial charge in [0.15, 0.2) is 0 Å². The van der Waals surface area contributed by atoms with Crippen LogP contribution in [0.1, 0.15) is 34.1 Å². The first kappa shape index (κ1) is 15.2. The predicted molar refractivity (Wildman–Crippen MR) is 77.1 cm³/mol. The molecule has 0 spiro atoms. The smallest absolute Gasteiger partial charge is 0.282 e. The molecule has 1 N–H and O–H groups in total. The lowest BCUT2D eigenvalue weighted by atomic mass is 9.94. The van der Waals surface area contributed by atoms with Crippen LogP contribution in [0.15, 0.2) is 0 Å². The van der Waals surface area contributed by atoms with Crippen LogP contribution in [0.2, 0.25) is 0 Å². The molecule has 6 heteroatoms. The van der Waals surface area contributed by atoms with E-state index < -0.39 is 10.2 Å². The molecule has 2 atom stereocenters. The van der Waals surface area contributed by atoms with Gasteiger partial charge in [-0.15, -0.1) is 0 Å². The lowest BCUT2D eigenvalue weighted by molar-refractivity contribution is 0.153. The summed E-state index contributed by atoms with van der Waals surface area (Å²) in [5.41, 5.74) is -0.346. The van der Waals surface area contributed by atoms with Gasteiger partial charge in [-0.05, 0) is 32.1 Å². The maximum Gasteiger partial charge on any atom is 0.282 e. The number of rotatable bonds is 2. The molecule has 2 fully saturated rings. The Labute approximate surface area is 117 Å². The molecule has 2 heterocycles. The molecule has 0 aromatic rings. The van der Waals surface area contributed by atoms with Crippen LogP contribution in [0.25, 0.3) is 0 Å². The Morgan fingerprint density at radius 2 is 1.74 bits per heavy atom. The molecule has 2 rings (SSSR count). The van der Waals surface area contributed by atoms with Crippen molar-refractivity contribution in [1.82, 2.24) is 13.9 Å². The highest BCUT2D eigenvalue weighted by Gasteiger charge is 2.42. The first-order valence-electron chi connectivity index (χ1n) is 7.22. The average molecular weight is 289 g/mol. The summed E-state index contributed by atoms with van der Waals surface area (Å²) in [6.07, 6.45) is 1.12. The standard InChI is InChI=1S/C13H27N3O2S/c1-11-7-12(2)9-15(8-11)19(17,18)16-6-5-14-10-13(16,3)4/h11-12,14H,5-10H2,1-4H3. The largest absolute Gasteiger partial charge is 0.314 e. The van der Waals surface area contributed by atoms with Gasteiger partial charge in [0, 0.05) is 38.3 Å². The molecule has 2 aliphatic heterocycles. The van der Waals surface area contributed by atoms with Crippen molar-refractivity contribution in [3.63, 3.8) is 0 Å². The molecule has 0 radical (unpaired) electrons. The number of hydrogen-bond donors (Lipinski definition) is 1. The van der Waals surface area contributed by atoms with Crippen LogP contribution in [0, 0.1) is 11.8 Å². The van der Waals surface area contributed by atoms with E-state index in [1.807, 2.05) is 13.8 Å². The lowest BCUT2D eigenvalue weighted by Gasteiger charge is -2.45. The lowest BCUT2D eigenvalue weighted by Crippen LogP contribution is -2.63. The Hall–Kier alpha value is -0.170. The van der Waals surface area contributed by atoms with E-state index >= 15 is 0 Å². The minimum absolute atomic E-state index is 0.346. The van der Waals surface area contributed by atoms with Gasteiger partial charge in [0.2, 0.25) is 0 Å². The normalized spacial score (nSPS) is 34.3. The third-order valence-corrected chi connectivity index (χ3v) is 6.35. The summed E-state index contributed by atoms with van der Waals surface area (Å²) in [5, 5.41) is 3.27. The van der Waals surface area contributed by atoms with Crippen LogP contribution in [0.5, 0.6) is 0 Å².